The molecule has 0 amide bonds. The van der Waals surface area contributed by atoms with Crippen LogP contribution in [0.1, 0.15) is 11.1 Å². The van der Waals surface area contributed by atoms with Crippen molar-refractivity contribution in [3.63, 3.8) is 0 Å². The van der Waals surface area contributed by atoms with Crippen LogP contribution in [0.25, 0.3) is 0 Å². The average molecular weight is 370 g/mol. The number of benzene rings is 2. The second-order valence-corrected chi connectivity index (χ2v) is 7.29. The molecule has 2 rings (SSSR count). The highest BCUT2D eigenvalue weighted by atomic mass is 79.9. The Morgan fingerprint density at radius 3 is 2.43 bits per heavy atom. The fraction of sp³-hybridized carbons (Fsp3) is 0.200. The molecular weight excluding hydrogens is 354 g/mol. The lowest BCUT2D eigenvalue weighted by Crippen LogP contribution is -2.15. The highest BCUT2D eigenvalue weighted by Gasteiger charge is 2.20. The zero-order valence-corrected chi connectivity index (χ0v) is 14.4. The highest BCUT2D eigenvalue weighted by molar-refractivity contribution is 9.10. The molecule has 0 aliphatic rings. The second-order valence-electron chi connectivity index (χ2n) is 4.72. The van der Waals surface area contributed by atoms with Gasteiger partial charge in [0.25, 0.3) is 10.0 Å². The fourth-order valence-electron chi connectivity index (χ4n) is 1.94. The number of hydrogen-bond donors (Lipinski definition) is 1. The topological polar surface area (TPSA) is 55.4 Å². The minimum atomic E-state index is -3.70. The molecule has 0 saturated carbocycles. The van der Waals surface area contributed by atoms with Crippen LogP contribution in [0.4, 0.5) is 5.69 Å². The maximum Gasteiger partial charge on any atom is 0.265 e. The summed E-state index contributed by atoms with van der Waals surface area (Å²) in [7, 11) is -2.25. The minimum absolute atomic E-state index is 0.132. The minimum Gasteiger partial charge on any atom is -0.495 e. The van der Waals surface area contributed by atoms with Crippen molar-refractivity contribution in [1.82, 2.24) is 0 Å². The number of methoxy groups -OCH3 is 1. The Labute approximate surface area is 133 Å². The van der Waals surface area contributed by atoms with Gasteiger partial charge in [-0.15, -0.1) is 0 Å². The monoisotopic (exact) mass is 369 g/mol. The van der Waals surface area contributed by atoms with E-state index >= 15 is 0 Å². The summed E-state index contributed by atoms with van der Waals surface area (Å²) in [5.74, 6) is 0.322. The number of anilines is 1. The normalized spacial score (nSPS) is 11.2. The molecular formula is C15H16BrNO3S. The molecule has 0 atom stereocenters. The van der Waals surface area contributed by atoms with E-state index in [9.17, 15) is 8.42 Å². The van der Waals surface area contributed by atoms with Crippen molar-refractivity contribution in [3.05, 3.63) is 52.0 Å². The molecule has 0 heterocycles. The van der Waals surface area contributed by atoms with Gasteiger partial charge >= 0.3 is 0 Å². The molecule has 0 aliphatic carbocycles. The van der Waals surface area contributed by atoms with Crippen LogP contribution in [-0.4, -0.2) is 15.5 Å². The van der Waals surface area contributed by atoms with Crippen molar-refractivity contribution in [1.29, 1.82) is 0 Å². The van der Waals surface area contributed by atoms with E-state index < -0.39 is 10.0 Å². The molecule has 112 valence electrons. The van der Waals surface area contributed by atoms with E-state index in [-0.39, 0.29) is 4.90 Å². The number of rotatable bonds is 4. The van der Waals surface area contributed by atoms with Gasteiger partial charge in [-0.3, -0.25) is 4.72 Å². The van der Waals surface area contributed by atoms with Crippen LogP contribution in [0.15, 0.2) is 45.8 Å². The Kier molecular flexibility index (Phi) is 4.58. The zero-order chi connectivity index (χ0) is 15.6. The van der Waals surface area contributed by atoms with Crippen LogP contribution >= 0.6 is 15.9 Å². The molecule has 0 spiro atoms. The third kappa shape index (κ3) is 3.57. The van der Waals surface area contributed by atoms with Gasteiger partial charge in [0.05, 0.1) is 12.8 Å². The molecule has 0 radical (unpaired) electrons. The Morgan fingerprint density at radius 2 is 1.81 bits per heavy atom. The largest absolute Gasteiger partial charge is 0.495 e. The maximum atomic E-state index is 12.6. The lowest BCUT2D eigenvalue weighted by atomic mass is 10.2. The molecule has 0 bridgehead atoms. The second kappa shape index (κ2) is 6.07. The van der Waals surface area contributed by atoms with E-state index in [4.69, 9.17) is 4.74 Å². The summed E-state index contributed by atoms with van der Waals surface area (Å²) in [5, 5.41) is 0. The Hall–Kier alpha value is -1.53. The van der Waals surface area contributed by atoms with Crippen molar-refractivity contribution in [2.75, 3.05) is 11.8 Å². The van der Waals surface area contributed by atoms with Crippen molar-refractivity contribution >= 4 is 31.6 Å². The summed E-state index contributed by atoms with van der Waals surface area (Å²) < 4.78 is 33.8. The maximum absolute atomic E-state index is 12.6. The van der Waals surface area contributed by atoms with Gasteiger partial charge in [0.1, 0.15) is 10.6 Å². The van der Waals surface area contributed by atoms with Gasteiger partial charge in [0.15, 0.2) is 0 Å². The lowest BCUT2D eigenvalue weighted by molar-refractivity contribution is 0.402. The van der Waals surface area contributed by atoms with E-state index in [0.717, 1.165) is 15.6 Å². The van der Waals surface area contributed by atoms with Crippen LogP contribution in [-0.2, 0) is 10.0 Å². The first kappa shape index (κ1) is 15.9. The molecule has 2 aromatic carbocycles. The van der Waals surface area contributed by atoms with Crippen LogP contribution in [0.3, 0.4) is 0 Å². The molecule has 0 aliphatic heterocycles. The number of hydrogen-bond acceptors (Lipinski definition) is 3. The highest BCUT2D eigenvalue weighted by Crippen LogP contribution is 2.28. The Morgan fingerprint density at radius 1 is 1.10 bits per heavy atom. The number of ether oxygens (including phenoxy) is 1. The summed E-state index contributed by atoms with van der Waals surface area (Å²) in [6.07, 6.45) is 0. The zero-order valence-electron chi connectivity index (χ0n) is 12.0. The Bertz CT molecular complexity index is 772. The summed E-state index contributed by atoms with van der Waals surface area (Å²) in [4.78, 5) is 0.132. The molecule has 6 heteroatoms. The van der Waals surface area contributed by atoms with Crippen LogP contribution in [0.2, 0.25) is 0 Å². The van der Waals surface area contributed by atoms with E-state index in [1.807, 2.05) is 26.0 Å². The van der Waals surface area contributed by atoms with Gasteiger partial charge in [0, 0.05) is 4.47 Å². The lowest BCUT2D eigenvalue weighted by Gasteiger charge is -2.14. The van der Waals surface area contributed by atoms with Crippen molar-refractivity contribution in [3.8, 4) is 5.75 Å². The van der Waals surface area contributed by atoms with Crippen LogP contribution < -0.4 is 9.46 Å². The van der Waals surface area contributed by atoms with Gasteiger partial charge in [-0.2, -0.15) is 0 Å². The van der Waals surface area contributed by atoms with E-state index in [1.165, 1.54) is 7.11 Å². The quantitative estimate of drug-likeness (QED) is 0.889. The SMILES string of the molecule is COc1ccc(C)cc1S(=O)(=O)Nc1ccc(Br)cc1C. The van der Waals surface area contributed by atoms with Gasteiger partial charge in [-0.1, -0.05) is 22.0 Å². The molecule has 4 nitrogen and oxygen atoms in total. The number of sulfonamides is 1. The van der Waals surface area contributed by atoms with Crippen LogP contribution in [0.5, 0.6) is 5.75 Å². The van der Waals surface area contributed by atoms with Gasteiger partial charge in [-0.25, -0.2) is 8.42 Å². The average Bonchev–Trinajstić information content (AvgIpc) is 2.42. The summed E-state index contributed by atoms with van der Waals surface area (Å²) in [5.41, 5.74) is 2.23. The van der Waals surface area contributed by atoms with Gasteiger partial charge < -0.3 is 4.74 Å². The first-order valence-electron chi connectivity index (χ1n) is 6.27. The van der Waals surface area contributed by atoms with Crippen LogP contribution in [0, 0.1) is 13.8 Å². The van der Waals surface area contributed by atoms with Crippen molar-refractivity contribution < 1.29 is 13.2 Å². The fourth-order valence-corrected chi connectivity index (χ4v) is 3.80. The first-order valence-corrected chi connectivity index (χ1v) is 8.55. The van der Waals surface area contributed by atoms with Crippen molar-refractivity contribution in [2.45, 2.75) is 18.7 Å². The molecule has 0 fully saturated rings. The number of nitrogens with one attached hydrogen (secondary N) is 1. The summed E-state index contributed by atoms with van der Waals surface area (Å²) >= 11 is 3.36. The number of halogens is 1. The van der Waals surface area contributed by atoms with Crippen molar-refractivity contribution in [2.24, 2.45) is 0 Å². The third-order valence-electron chi connectivity index (χ3n) is 3.04. The predicted octanol–water partition coefficient (Wildman–Crippen LogP) is 3.88. The smallest absolute Gasteiger partial charge is 0.265 e. The summed E-state index contributed by atoms with van der Waals surface area (Å²) in [6.45, 7) is 3.68. The first-order chi connectivity index (χ1) is 9.83. The predicted molar refractivity (Wildman–Crippen MR) is 87.4 cm³/mol. The molecule has 2 aromatic rings. The Balaban J connectivity index is 2.45. The van der Waals surface area contributed by atoms with Gasteiger partial charge in [0.2, 0.25) is 0 Å². The third-order valence-corrected chi connectivity index (χ3v) is 4.92. The van der Waals surface area contributed by atoms with E-state index in [1.54, 1.807) is 24.3 Å². The molecule has 0 aromatic heterocycles. The van der Waals surface area contributed by atoms with E-state index in [0.29, 0.717) is 11.4 Å². The standard InChI is InChI=1S/C15H16BrNO3S/c1-10-4-7-14(20-3)15(8-10)21(18,19)17-13-6-5-12(16)9-11(13)2/h4-9,17H,1-3H3. The molecule has 21 heavy (non-hydrogen) atoms. The van der Waals surface area contributed by atoms with E-state index in [2.05, 4.69) is 20.7 Å². The summed E-state index contributed by atoms with van der Waals surface area (Å²) in [6, 6.07) is 10.4. The molecule has 0 saturated heterocycles. The molecule has 1 N–H and O–H groups in total. The number of aryl methyl sites for hydroxylation is 2. The molecule has 0 unspecified atom stereocenters. The van der Waals surface area contributed by atoms with Gasteiger partial charge in [-0.05, 0) is 55.3 Å².